The van der Waals surface area contributed by atoms with Crippen molar-refractivity contribution in [3.05, 3.63) is 42.0 Å². The van der Waals surface area contributed by atoms with Crippen molar-refractivity contribution in [1.82, 2.24) is 5.48 Å². The molecule has 4 nitrogen and oxygen atoms in total. The Hall–Kier alpha value is -2.02. The molecule has 0 heterocycles. The quantitative estimate of drug-likeness (QED) is 0.686. The van der Waals surface area contributed by atoms with E-state index < -0.39 is 32.5 Å². The summed E-state index contributed by atoms with van der Waals surface area (Å²) in [5.41, 5.74) is 2.26. The molecule has 0 saturated heterocycles. The largest absolute Gasteiger partial charge is 0.340 e. The first-order chi connectivity index (χ1) is 9.70. The number of rotatable bonds is 4. The molecule has 0 aromatic heterocycles. The molecule has 21 heavy (non-hydrogen) atoms. The van der Waals surface area contributed by atoms with E-state index in [0.717, 1.165) is 0 Å². The predicted molar refractivity (Wildman–Crippen MR) is 77.9 cm³/mol. The molecule has 7 heteroatoms. The van der Waals surface area contributed by atoms with Crippen LogP contribution >= 0.6 is 0 Å². The smallest absolute Gasteiger partial charge is 0.336 e. The monoisotopic (exact) mass is 313 g/mol. The first-order valence-corrected chi connectivity index (χ1v) is 9.82. The van der Waals surface area contributed by atoms with E-state index >= 15 is 0 Å². The predicted octanol–water partition coefficient (Wildman–Crippen LogP) is 2.59. The molecule has 0 fully saturated rings. The molecular weight excluding hydrogens is 296 g/mol. The summed E-state index contributed by atoms with van der Waals surface area (Å²) in [4.78, 5) is 27.2. The number of amides is 1. The number of hydrogen-bond donors (Lipinski definition) is 1. The van der Waals surface area contributed by atoms with Crippen molar-refractivity contribution in [2.75, 3.05) is 0 Å². The van der Waals surface area contributed by atoms with E-state index in [1.807, 2.05) is 17.6 Å². The lowest BCUT2D eigenvalue weighted by Crippen LogP contribution is -2.37. The second kappa shape index (κ2) is 7.12. The molecular formula is C14H17F2NO3Si. The van der Waals surface area contributed by atoms with Crippen LogP contribution < -0.4 is 10.7 Å². The fraction of sp³-hybridized carbons (Fsp3) is 0.286. The molecule has 0 atom stereocenters. The fourth-order valence-corrected chi connectivity index (χ4v) is 2.65. The highest BCUT2D eigenvalue weighted by Gasteiger charge is 2.17. The molecule has 0 spiro atoms. The lowest BCUT2D eigenvalue weighted by atomic mass is 10.2. The molecule has 0 aliphatic rings. The topological polar surface area (TPSA) is 55.4 Å². The van der Waals surface area contributed by atoms with Crippen molar-refractivity contribution >= 4 is 25.1 Å². The van der Waals surface area contributed by atoms with E-state index in [4.69, 9.17) is 0 Å². The number of carbonyl (C=O) groups is 2. The number of hydrogen-bond acceptors (Lipinski definition) is 3. The van der Waals surface area contributed by atoms with Gasteiger partial charge in [-0.15, -0.1) is 0 Å². The van der Waals surface area contributed by atoms with E-state index in [9.17, 15) is 18.4 Å². The third-order valence-electron chi connectivity index (χ3n) is 2.69. The highest BCUT2D eigenvalue weighted by Crippen LogP contribution is 2.05. The maximum Gasteiger partial charge on any atom is 0.336 e. The molecule has 1 amide bonds. The van der Waals surface area contributed by atoms with Crippen molar-refractivity contribution < 1.29 is 23.2 Å². The number of nitrogens with one attached hydrogen (secondary N) is 1. The van der Waals surface area contributed by atoms with Crippen molar-refractivity contribution in [2.24, 2.45) is 0 Å². The lowest BCUT2D eigenvalue weighted by molar-refractivity contribution is -0.147. The standard InChI is InChI=1S/C14H17F2NO3Si/c1-21(2,3)11-6-4-10(5-7-11)14(19)17-20-13(18)9-8-12(15)16/h4-8H,9H2,1-3H3,(H,17,19). The second-order valence-corrected chi connectivity index (χ2v) is 10.5. The minimum atomic E-state index is -1.97. The lowest BCUT2D eigenvalue weighted by Gasteiger charge is -2.16. The van der Waals surface area contributed by atoms with E-state index in [1.54, 1.807) is 12.1 Å². The molecule has 0 unspecified atom stereocenters. The van der Waals surface area contributed by atoms with Gasteiger partial charge in [0.15, 0.2) is 0 Å². The van der Waals surface area contributed by atoms with Gasteiger partial charge in [-0.3, -0.25) is 4.79 Å². The minimum absolute atomic E-state index is 0.331. The molecule has 1 aromatic rings. The van der Waals surface area contributed by atoms with Gasteiger partial charge in [-0.2, -0.15) is 14.3 Å². The van der Waals surface area contributed by atoms with Crippen molar-refractivity contribution in [3.63, 3.8) is 0 Å². The molecule has 0 radical (unpaired) electrons. The Morgan fingerprint density at radius 2 is 1.76 bits per heavy atom. The molecule has 114 valence electrons. The van der Waals surface area contributed by atoms with Gasteiger partial charge in [0.2, 0.25) is 0 Å². The Balaban J connectivity index is 2.57. The van der Waals surface area contributed by atoms with E-state index in [-0.39, 0.29) is 0 Å². The van der Waals surface area contributed by atoms with Crippen LogP contribution in [0.25, 0.3) is 0 Å². The number of benzene rings is 1. The summed E-state index contributed by atoms with van der Waals surface area (Å²) in [5.74, 6) is -1.56. The highest BCUT2D eigenvalue weighted by atomic mass is 28.3. The van der Waals surface area contributed by atoms with Crippen LogP contribution in [-0.2, 0) is 9.63 Å². The summed E-state index contributed by atoms with van der Waals surface area (Å²) in [6.45, 7) is 6.55. The van der Waals surface area contributed by atoms with Gasteiger partial charge >= 0.3 is 5.97 Å². The van der Waals surface area contributed by atoms with Gasteiger partial charge < -0.3 is 4.84 Å². The maximum atomic E-state index is 11.8. The minimum Gasteiger partial charge on any atom is -0.340 e. The van der Waals surface area contributed by atoms with E-state index in [1.165, 1.54) is 5.19 Å². The molecule has 1 rings (SSSR count). The SMILES string of the molecule is C[Si](C)(C)c1ccc(C(=O)NOC(=O)CC=C(F)F)cc1. The molecule has 0 aliphatic carbocycles. The Bertz CT molecular complexity index is 546. The average molecular weight is 313 g/mol. The van der Waals surface area contributed by atoms with Crippen molar-refractivity contribution in [2.45, 2.75) is 26.1 Å². The van der Waals surface area contributed by atoms with Gasteiger partial charge in [0.05, 0.1) is 14.5 Å². The number of hydroxylamine groups is 1. The first-order valence-electron chi connectivity index (χ1n) is 6.32. The van der Waals surface area contributed by atoms with Crippen molar-refractivity contribution in [1.29, 1.82) is 0 Å². The zero-order chi connectivity index (χ0) is 16.0. The van der Waals surface area contributed by atoms with Crippen molar-refractivity contribution in [3.8, 4) is 0 Å². The summed E-state index contributed by atoms with van der Waals surface area (Å²) >= 11 is 0. The van der Waals surface area contributed by atoms with Gasteiger partial charge in [0.1, 0.15) is 0 Å². The van der Waals surface area contributed by atoms with Crippen LogP contribution in [0.3, 0.4) is 0 Å². The van der Waals surface area contributed by atoms with Crippen LogP contribution in [0, 0.1) is 0 Å². The Morgan fingerprint density at radius 3 is 2.24 bits per heavy atom. The summed E-state index contributed by atoms with van der Waals surface area (Å²) in [7, 11) is -1.44. The molecule has 1 N–H and O–H groups in total. The van der Waals surface area contributed by atoms with Crippen LogP contribution in [0.2, 0.25) is 19.6 Å². The number of halogens is 2. The van der Waals surface area contributed by atoms with Gasteiger partial charge in [-0.25, -0.2) is 4.79 Å². The summed E-state index contributed by atoms with van der Waals surface area (Å²) in [5, 5.41) is 1.19. The molecule has 0 aliphatic heterocycles. The normalized spacial score (nSPS) is 10.7. The van der Waals surface area contributed by atoms with E-state index in [2.05, 4.69) is 24.5 Å². The molecule has 0 saturated carbocycles. The van der Waals surface area contributed by atoms with Gasteiger partial charge in [0, 0.05) is 5.56 Å². The van der Waals surface area contributed by atoms with Crippen LogP contribution in [0.4, 0.5) is 8.78 Å². The van der Waals surface area contributed by atoms with Gasteiger partial charge in [-0.1, -0.05) is 37.0 Å². The van der Waals surface area contributed by atoms with Gasteiger partial charge in [0.25, 0.3) is 12.0 Å². The van der Waals surface area contributed by atoms with Gasteiger partial charge in [-0.05, 0) is 18.2 Å². The van der Waals surface area contributed by atoms with Crippen LogP contribution in [0.5, 0.6) is 0 Å². The van der Waals surface area contributed by atoms with Crippen LogP contribution in [0.15, 0.2) is 36.4 Å². The number of carbonyl (C=O) groups excluding carboxylic acids is 2. The summed E-state index contributed by atoms with van der Waals surface area (Å²) in [6.07, 6.45) is -2.16. The Labute approximate surface area is 122 Å². The zero-order valence-corrected chi connectivity index (χ0v) is 13.1. The third-order valence-corrected chi connectivity index (χ3v) is 4.76. The third kappa shape index (κ3) is 5.86. The maximum absolute atomic E-state index is 11.8. The molecule has 1 aromatic carbocycles. The summed E-state index contributed by atoms with van der Waals surface area (Å²) < 4.78 is 23.5. The Morgan fingerprint density at radius 1 is 1.19 bits per heavy atom. The van der Waals surface area contributed by atoms with E-state index in [0.29, 0.717) is 11.6 Å². The first kappa shape index (κ1) is 17.0. The second-order valence-electron chi connectivity index (χ2n) is 5.43. The van der Waals surface area contributed by atoms with Crippen LogP contribution in [0.1, 0.15) is 16.8 Å². The zero-order valence-electron chi connectivity index (χ0n) is 12.1. The molecule has 0 bridgehead atoms. The Kier molecular flexibility index (Phi) is 5.77. The van der Waals surface area contributed by atoms with Crippen LogP contribution in [-0.4, -0.2) is 20.0 Å². The fourth-order valence-electron chi connectivity index (χ4n) is 1.49. The summed E-state index contributed by atoms with van der Waals surface area (Å²) in [6, 6.07) is 7.00. The highest BCUT2D eigenvalue weighted by molar-refractivity contribution is 6.88. The average Bonchev–Trinajstić information content (AvgIpc) is 2.41.